The fourth-order valence-electron chi connectivity index (χ4n) is 3.67. The largest absolute Gasteiger partial charge is 0.309 e. The molecule has 2 N–H and O–H groups in total. The van der Waals surface area contributed by atoms with Crippen molar-refractivity contribution in [2.24, 2.45) is 5.92 Å². The van der Waals surface area contributed by atoms with Crippen molar-refractivity contribution in [1.82, 2.24) is 15.4 Å². The molecule has 166 valence electrons. The number of aromatic nitrogens is 2. The third kappa shape index (κ3) is 6.25. The van der Waals surface area contributed by atoms with E-state index in [4.69, 9.17) is 16.4 Å². The molecule has 2 unspecified atom stereocenters. The minimum Gasteiger partial charge on any atom is -0.309 e. The first-order valence-corrected chi connectivity index (χ1v) is 12.1. The molecule has 0 radical (unpaired) electrons. The van der Waals surface area contributed by atoms with Gasteiger partial charge in [0, 0.05) is 24.3 Å². The first-order valence-electron chi connectivity index (χ1n) is 9.82. The zero-order valence-corrected chi connectivity index (χ0v) is 18.9. The molecule has 0 spiro atoms. The lowest BCUT2D eigenvalue weighted by molar-refractivity contribution is -0.118. The van der Waals surface area contributed by atoms with Crippen LogP contribution in [-0.4, -0.2) is 37.7 Å². The number of allylic oxidation sites excluding steroid dienone is 2. The van der Waals surface area contributed by atoms with E-state index in [-0.39, 0.29) is 21.7 Å². The molecule has 2 atom stereocenters. The van der Waals surface area contributed by atoms with Gasteiger partial charge in [0.1, 0.15) is 0 Å². The van der Waals surface area contributed by atoms with E-state index in [0.29, 0.717) is 17.8 Å². The van der Waals surface area contributed by atoms with Crippen molar-refractivity contribution < 1.29 is 18.0 Å². The van der Waals surface area contributed by atoms with E-state index < -0.39 is 15.8 Å². The summed E-state index contributed by atoms with van der Waals surface area (Å²) < 4.78 is 23.8. The fraction of sp³-hybridized carbons (Fsp3) is 0.381. The third-order valence-corrected chi connectivity index (χ3v) is 6.79. The average Bonchev–Trinajstić information content (AvgIpc) is 2.73. The third-order valence-electron chi connectivity index (χ3n) is 5.21. The van der Waals surface area contributed by atoms with Gasteiger partial charge >= 0.3 is 0 Å². The number of carbonyl (C=O) groups excluding carboxylic acids is 1. The number of benzene rings is 1. The van der Waals surface area contributed by atoms with Crippen molar-refractivity contribution in [3.05, 3.63) is 59.1 Å². The van der Waals surface area contributed by atoms with Crippen LogP contribution in [0.1, 0.15) is 37.2 Å². The topological polar surface area (TPSA) is 110 Å². The summed E-state index contributed by atoms with van der Waals surface area (Å²) in [6, 6.07) is 4.67. The maximum Gasteiger partial charge on any atom is 0.233 e. The Morgan fingerprint density at radius 2 is 2.16 bits per heavy atom. The second-order valence-corrected chi connectivity index (χ2v) is 9.90. The first kappa shape index (κ1) is 23.2. The van der Waals surface area contributed by atoms with Crippen molar-refractivity contribution in [1.29, 1.82) is 0 Å². The summed E-state index contributed by atoms with van der Waals surface area (Å²) in [5.74, 6) is -0.142. The maximum atomic E-state index is 13.2. The van der Waals surface area contributed by atoms with Crippen LogP contribution in [-0.2, 0) is 19.5 Å². The Kier molecular flexibility index (Phi) is 7.64. The molecule has 2 aromatic rings. The number of amides is 1. The number of rotatable bonds is 8. The molecule has 1 aromatic carbocycles. The minimum absolute atomic E-state index is 0.0434. The SMILES string of the molecule is CONC1=CCC(CC(C(=O)Nc2cnccn2)c2ccc(S(C)(=O)=O)c(Cl)c2)CC1. The van der Waals surface area contributed by atoms with E-state index in [9.17, 15) is 13.2 Å². The molecule has 3 rings (SSSR count). The van der Waals surface area contributed by atoms with Crippen LogP contribution in [0, 0.1) is 5.92 Å². The molecular formula is C21H25ClN4O4S. The monoisotopic (exact) mass is 464 g/mol. The van der Waals surface area contributed by atoms with E-state index in [2.05, 4.69) is 26.8 Å². The normalized spacial score (nSPS) is 17.5. The highest BCUT2D eigenvalue weighted by Crippen LogP contribution is 2.35. The summed E-state index contributed by atoms with van der Waals surface area (Å²) in [6.07, 6.45) is 10.8. The molecule has 0 fully saturated rings. The average molecular weight is 465 g/mol. The minimum atomic E-state index is -3.46. The molecule has 1 amide bonds. The number of carbonyl (C=O) groups is 1. The molecule has 10 heteroatoms. The fourth-order valence-corrected chi connectivity index (χ4v) is 5.00. The standard InChI is InChI=1S/C21H25ClN4O4S/c1-30-26-16-6-3-14(4-7-16)11-17(21(27)25-20-13-23-9-10-24-20)15-5-8-19(18(22)12-15)31(2,28)29/h5-6,8-10,12-14,17,26H,3-4,7,11H2,1-2H3,(H,24,25,27). The number of hydroxylamine groups is 1. The number of nitrogens with zero attached hydrogens (tertiary/aromatic N) is 2. The molecule has 0 bridgehead atoms. The molecule has 0 saturated carbocycles. The number of anilines is 1. The Hall–Kier alpha value is -2.49. The van der Waals surface area contributed by atoms with Gasteiger partial charge in [-0.1, -0.05) is 23.7 Å². The van der Waals surface area contributed by atoms with E-state index in [1.807, 2.05) is 0 Å². The van der Waals surface area contributed by atoms with E-state index in [1.165, 1.54) is 24.7 Å². The Morgan fingerprint density at radius 3 is 2.74 bits per heavy atom. The molecular weight excluding hydrogens is 440 g/mol. The number of hydrogen-bond acceptors (Lipinski definition) is 7. The molecule has 1 aliphatic rings. The zero-order valence-electron chi connectivity index (χ0n) is 17.3. The van der Waals surface area contributed by atoms with Crippen LogP contribution < -0.4 is 10.8 Å². The Labute approximate surface area is 187 Å². The number of hydrogen-bond donors (Lipinski definition) is 2. The van der Waals surface area contributed by atoms with Crippen molar-refractivity contribution in [3.63, 3.8) is 0 Å². The molecule has 1 aromatic heterocycles. The first-order chi connectivity index (χ1) is 14.8. The molecule has 1 aliphatic carbocycles. The summed E-state index contributed by atoms with van der Waals surface area (Å²) in [5.41, 5.74) is 4.55. The summed E-state index contributed by atoms with van der Waals surface area (Å²) in [4.78, 5) is 26.2. The number of sulfone groups is 1. The highest BCUT2D eigenvalue weighted by Gasteiger charge is 2.27. The van der Waals surface area contributed by atoms with E-state index >= 15 is 0 Å². The maximum absolute atomic E-state index is 13.2. The van der Waals surface area contributed by atoms with Crippen LogP contribution in [0.5, 0.6) is 0 Å². The lowest BCUT2D eigenvalue weighted by atomic mass is 9.82. The molecule has 8 nitrogen and oxygen atoms in total. The van der Waals surface area contributed by atoms with Gasteiger partial charge in [0.15, 0.2) is 15.7 Å². The highest BCUT2D eigenvalue weighted by molar-refractivity contribution is 7.90. The molecule has 0 aliphatic heterocycles. The Bertz CT molecular complexity index is 1060. The second-order valence-electron chi connectivity index (χ2n) is 7.51. The number of nitrogens with one attached hydrogen (secondary N) is 2. The van der Waals surface area contributed by atoms with E-state index in [1.54, 1.807) is 19.2 Å². The summed E-state index contributed by atoms with van der Waals surface area (Å²) in [5, 5.41) is 2.91. The summed E-state index contributed by atoms with van der Waals surface area (Å²) in [6.45, 7) is 0. The van der Waals surface area contributed by atoms with Gasteiger partial charge in [-0.2, -0.15) is 0 Å². The Balaban J connectivity index is 1.86. The zero-order chi connectivity index (χ0) is 22.4. The van der Waals surface area contributed by atoms with Crippen molar-refractivity contribution in [3.8, 4) is 0 Å². The van der Waals surface area contributed by atoms with Gasteiger partial charge in [-0.15, -0.1) is 0 Å². The van der Waals surface area contributed by atoms with Gasteiger partial charge in [-0.25, -0.2) is 13.4 Å². The van der Waals surface area contributed by atoms with Gasteiger partial charge in [0.25, 0.3) is 0 Å². The second kappa shape index (κ2) is 10.2. The van der Waals surface area contributed by atoms with Crippen molar-refractivity contribution in [2.75, 3.05) is 18.7 Å². The molecule has 31 heavy (non-hydrogen) atoms. The van der Waals surface area contributed by atoms with Crippen LogP contribution in [0.3, 0.4) is 0 Å². The van der Waals surface area contributed by atoms with Gasteiger partial charge < -0.3 is 5.32 Å². The van der Waals surface area contributed by atoms with Gasteiger partial charge in [-0.3, -0.25) is 20.1 Å². The summed E-state index contributed by atoms with van der Waals surface area (Å²) >= 11 is 6.25. The van der Waals surface area contributed by atoms with Gasteiger partial charge in [-0.05, 0) is 49.3 Å². The predicted molar refractivity (Wildman–Crippen MR) is 118 cm³/mol. The van der Waals surface area contributed by atoms with Crippen molar-refractivity contribution >= 4 is 33.2 Å². The number of halogens is 1. The predicted octanol–water partition coefficient (Wildman–Crippen LogP) is 3.48. The van der Waals surface area contributed by atoms with E-state index in [0.717, 1.165) is 31.2 Å². The lowest BCUT2D eigenvalue weighted by Gasteiger charge is -2.26. The van der Waals surface area contributed by atoms with Gasteiger partial charge in [0.05, 0.1) is 29.1 Å². The quantitative estimate of drug-likeness (QED) is 0.575. The van der Waals surface area contributed by atoms with Crippen LogP contribution in [0.15, 0.2) is 53.5 Å². The van der Waals surface area contributed by atoms with Crippen LogP contribution in [0.4, 0.5) is 5.82 Å². The van der Waals surface area contributed by atoms with Gasteiger partial charge in [0.2, 0.25) is 5.91 Å². The highest BCUT2D eigenvalue weighted by atomic mass is 35.5. The van der Waals surface area contributed by atoms with Crippen LogP contribution >= 0.6 is 11.6 Å². The smallest absolute Gasteiger partial charge is 0.233 e. The lowest BCUT2D eigenvalue weighted by Crippen LogP contribution is -2.25. The Morgan fingerprint density at radius 1 is 1.35 bits per heavy atom. The van der Waals surface area contributed by atoms with Crippen molar-refractivity contribution in [2.45, 2.75) is 36.5 Å². The van der Waals surface area contributed by atoms with Crippen LogP contribution in [0.25, 0.3) is 0 Å². The summed E-state index contributed by atoms with van der Waals surface area (Å²) in [7, 11) is -1.89. The van der Waals surface area contributed by atoms with Crippen LogP contribution in [0.2, 0.25) is 5.02 Å². The molecule has 1 heterocycles. The molecule has 0 saturated heterocycles.